The molecule has 2 heterocycles. The predicted octanol–water partition coefficient (Wildman–Crippen LogP) is 2.74. The lowest BCUT2D eigenvalue weighted by Crippen LogP contribution is -1.92. The highest BCUT2D eigenvalue weighted by Gasteiger charge is 2.06. The molecule has 0 aliphatic carbocycles. The van der Waals surface area contributed by atoms with Gasteiger partial charge in [0.25, 0.3) is 0 Å². The molecule has 1 N–H and O–H groups in total. The number of pyridine rings is 2. The fraction of sp³-hybridized carbons (Fsp3) is 0.231. The Morgan fingerprint density at radius 2 is 2.12 bits per heavy atom. The molecule has 88 valence electrons. The minimum Gasteiger partial charge on any atom is -0.392 e. The molecule has 17 heavy (non-hydrogen) atoms. The van der Waals surface area contributed by atoms with Crippen LogP contribution in [0.5, 0.6) is 0 Å². The standard InChI is InChI=1S/C13H14N2OS/c1-9-6-10(2)15-12(7-9)17-13-11(8-16)4-3-5-14-13/h3-7,16H,8H2,1-2H3. The minimum atomic E-state index is 0.000963. The largest absolute Gasteiger partial charge is 0.392 e. The third kappa shape index (κ3) is 3.05. The van der Waals surface area contributed by atoms with Crippen LogP contribution in [-0.2, 0) is 6.61 Å². The van der Waals surface area contributed by atoms with Crippen LogP contribution in [0.2, 0.25) is 0 Å². The van der Waals surface area contributed by atoms with E-state index in [2.05, 4.69) is 9.97 Å². The summed E-state index contributed by atoms with van der Waals surface area (Å²) in [5, 5.41) is 11.0. The summed E-state index contributed by atoms with van der Waals surface area (Å²) in [6.07, 6.45) is 1.73. The summed E-state index contributed by atoms with van der Waals surface area (Å²) in [5.74, 6) is 0. The molecule has 0 aromatic carbocycles. The van der Waals surface area contributed by atoms with Gasteiger partial charge in [-0.25, -0.2) is 9.97 Å². The number of aliphatic hydroxyl groups is 1. The SMILES string of the molecule is Cc1cc(C)nc(Sc2ncccc2CO)c1. The average molecular weight is 246 g/mol. The van der Waals surface area contributed by atoms with Gasteiger partial charge in [-0.05, 0) is 49.4 Å². The summed E-state index contributed by atoms with van der Waals surface area (Å²) in [5.41, 5.74) is 3.01. The summed E-state index contributed by atoms with van der Waals surface area (Å²) in [6, 6.07) is 7.76. The third-order valence-corrected chi connectivity index (χ3v) is 3.28. The van der Waals surface area contributed by atoms with Crippen LogP contribution in [0.25, 0.3) is 0 Å². The second kappa shape index (κ2) is 5.29. The molecule has 0 fully saturated rings. The molecule has 0 aliphatic heterocycles. The molecule has 2 aromatic heterocycles. The Bertz CT molecular complexity index is 508. The average Bonchev–Trinajstić information content (AvgIpc) is 2.28. The van der Waals surface area contributed by atoms with Gasteiger partial charge in [0.15, 0.2) is 0 Å². The van der Waals surface area contributed by atoms with Gasteiger partial charge in [0, 0.05) is 17.5 Å². The number of rotatable bonds is 3. The maximum Gasteiger partial charge on any atom is 0.108 e. The van der Waals surface area contributed by atoms with E-state index in [0.717, 1.165) is 21.3 Å². The van der Waals surface area contributed by atoms with Crippen LogP contribution in [-0.4, -0.2) is 15.1 Å². The topological polar surface area (TPSA) is 46.0 Å². The normalized spacial score (nSPS) is 10.5. The van der Waals surface area contributed by atoms with Crippen molar-refractivity contribution in [3.8, 4) is 0 Å². The molecule has 2 aromatic rings. The van der Waals surface area contributed by atoms with Crippen molar-refractivity contribution in [3.05, 3.63) is 47.3 Å². The van der Waals surface area contributed by atoms with Crippen LogP contribution in [0.15, 0.2) is 40.5 Å². The summed E-state index contributed by atoms with van der Waals surface area (Å²) in [6.45, 7) is 4.02. The number of hydrogen-bond acceptors (Lipinski definition) is 4. The highest BCUT2D eigenvalue weighted by atomic mass is 32.2. The van der Waals surface area contributed by atoms with E-state index in [-0.39, 0.29) is 6.61 Å². The first-order chi connectivity index (χ1) is 8.19. The molecule has 0 saturated heterocycles. The van der Waals surface area contributed by atoms with E-state index >= 15 is 0 Å². The van der Waals surface area contributed by atoms with Gasteiger partial charge in [-0.3, -0.25) is 0 Å². The molecule has 0 unspecified atom stereocenters. The summed E-state index contributed by atoms with van der Waals surface area (Å²) in [7, 11) is 0. The van der Waals surface area contributed by atoms with Crippen molar-refractivity contribution in [2.45, 2.75) is 30.5 Å². The molecular weight excluding hydrogens is 232 g/mol. The van der Waals surface area contributed by atoms with Crippen LogP contribution in [0.1, 0.15) is 16.8 Å². The van der Waals surface area contributed by atoms with Gasteiger partial charge in [0.05, 0.1) is 6.61 Å². The first-order valence-corrected chi connectivity index (χ1v) is 6.18. The van der Waals surface area contributed by atoms with Crippen LogP contribution in [0, 0.1) is 13.8 Å². The highest BCUT2D eigenvalue weighted by molar-refractivity contribution is 7.99. The molecule has 3 nitrogen and oxygen atoms in total. The maximum absolute atomic E-state index is 9.23. The molecule has 0 aliphatic rings. The van der Waals surface area contributed by atoms with Crippen molar-refractivity contribution in [2.75, 3.05) is 0 Å². The van der Waals surface area contributed by atoms with Gasteiger partial charge in [0.2, 0.25) is 0 Å². The van der Waals surface area contributed by atoms with E-state index < -0.39 is 0 Å². The Balaban J connectivity index is 2.31. The number of aromatic nitrogens is 2. The zero-order valence-electron chi connectivity index (χ0n) is 9.84. The number of hydrogen-bond donors (Lipinski definition) is 1. The van der Waals surface area contributed by atoms with E-state index in [1.807, 2.05) is 38.1 Å². The Labute approximate surface area is 105 Å². The van der Waals surface area contributed by atoms with Crippen LogP contribution in [0.4, 0.5) is 0 Å². The first kappa shape index (κ1) is 12.1. The summed E-state index contributed by atoms with van der Waals surface area (Å²) in [4.78, 5) is 8.71. The van der Waals surface area contributed by atoms with E-state index in [0.29, 0.717) is 0 Å². The molecule has 0 atom stereocenters. The lowest BCUT2D eigenvalue weighted by atomic mass is 10.3. The van der Waals surface area contributed by atoms with Crippen molar-refractivity contribution in [1.29, 1.82) is 0 Å². The van der Waals surface area contributed by atoms with Crippen molar-refractivity contribution >= 4 is 11.8 Å². The molecule has 0 bridgehead atoms. The highest BCUT2D eigenvalue weighted by Crippen LogP contribution is 2.27. The second-order valence-corrected chi connectivity index (χ2v) is 4.86. The fourth-order valence-electron chi connectivity index (χ4n) is 1.59. The van der Waals surface area contributed by atoms with Crippen LogP contribution in [0.3, 0.4) is 0 Å². The lowest BCUT2D eigenvalue weighted by Gasteiger charge is -2.06. The van der Waals surface area contributed by atoms with Gasteiger partial charge in [0.1, 0.15) is 10.1 Å². The fourth-order valence-corrected chi connectivity index (χ4v) is 2.60. The zero-order chi connectivity index (χ0) is 12.3. The van der Waals surface area contributed by atoms with E-state index in [1.165, 1.54) is 17.3 Å². The Morgan fingerprint density at radius 1 is 1.29 bits per heavy atom. The number of aryl methyl sites for hydroxylation is 2. The lowest BCUT2D eigenvalue weighted by molar-refractivity contribution is 0.278. The van der Waals surface area contributed by atoms with Gasteiger partial charge in [-0.2, -0.15) is 0 Å². The molecule has 0 saturated carbocycles. The Morgan fingerprint density at radius 3 is 2.82 bits per heavy atom. The number of nitrogens with zero attached hydrogens (tertiary/aromatic N) is 2. The van der Waals surface area contributed by atoms with Gasteiger partial charge in [-0.15, -0.1) is 0 Å². The second-order valence-electron chi connectivity index (χ2n) is 3.85. The minimum absolute atomic E-state index is 0.000963. The van der Waals surface area contributed by atoms with Crippen molar-refractivity contribution in [3.63, 3.8) is 0 Å². The molecule has 4 heteroatoms. The number of aliphatic hydroxyl groups excluding tert-OH is 1. The summed E-state index contributed by atoms with van der Waals surface area (Å²) < 4.78 is 0. The molecule has 2 rings (SSSR count). The van der Waals surface area contributed by atoms with Crippen LogP contribution < -0.4 is 0 Å². The van der Waals surface area contributed by atoms with Gasteiger partial charge >= 0.3 is 0 Å². The van der Waals surface area contributed by atoms with E-state index in [1.54, 1.807) is 6.20 Å². The van der Waals surface area contributed by atoms with Crippen molar-refractivity contribution in [1.82, 2.24) is 9.97 Å². The van der Waals surface area contributed by atoms with Crippen LogP contribution >= 0.6 is 11.8 Å². The zero-order valence-corrected chi connectivity index (χ0v) is 10.7. The first-order valence-electron chi connectivity index (χ1n) is 5.37. The van der Waals surface area contributed by atoms with Crippen molar-refractivity contribution in [2.24, 2.45) is 0 Å². The van der Waals surface area contributed by atoms with Gasteiger partial charge in [-0.1, -0.05) is 6.07 Å². The quantitative estimate of drug-likeness (QED) is 0.904. The smallest absolute Gasteiger partial charge is 0.108 e. The monoisotopic (exact) mass is 246 g/mol. The van der Waals surface area contributed by atoms with Crippen molar-refractivity contribution < 1.29 is 5.11 Å². The summed E-state index contributed by atoms with van der Waals surface area (Å²) >= 11 is 1.48. The molecular formula is C13H14N2OS. The van der Waals surface area contributed by atoms with E-state index in [4.69, 9.17) is 0 Å². The van der Waals surface area contributed by atoms with Gasteiger partial charge < -0.3 is 5.11 Å². The van der Waals surface area contributed by atoms with E-state index in [9.17, 15) is 5.11 Å². The maximum atomic E-state index is 9.23. The predicted molar refractivity (Wildman–Crippen MR) is 68.0 cm³/mol. The Kier molecular flexibility index (Phi) is 3.76. The molecule has 0 radical (unpaired) electrons. The third-order valence-electron chi connectivity index (χ3n) is 2.30. The molecule has 0 amide bonds. The molecule has 0 spiro atoms. The Hall–Kier alpha value is -1.39.